The summed E-state index contributed by atoms with van der Waals surface area (Å²) in [5, 5.41) is 9.90. The SMILES string of the molecule is COc1ccc(CN(Cc2ccc(OC)c(OC)c2)c2cc(-c3cnccc3C)nc3cc(C4C(C)C4CO)cnc23)cc1OC. The number of methoxy groups -OCH3 is 4. The fraction of sp³-hybridized carbons (Fsp3) is 0.324. The fourth-order valence-electron chi connectivity index (χ4n) is 6.41. The molecule has 9 heteroatoms. The van der Waals surface area contributed by atoms with Gasteiger partial charge in [0.2, 0.25) is 0 Å². The van der Waals surface area contributed by atoms with Crippen molar-refractivity contribution in [3.8, 4) is 34.3 Å². The number of aliphatic hydroxyl groups is 1. The number of anilines is 1. The quantitative estimate of drug-likeness (QED) is 0.166. The number of ether oxygens (including phenoxy) is 4. The number of rotatable bonds is 12. The summed E-state index contributed by atoms with van der Waals surface area (Å²) in [7, 11) is 6.56. The van der Waals surface area contributed by atoms with E-state index in [9.17, 15) is 5.11 Å². The highest BCUT2D eigenvalue weighted by atomic mass is 16.5. The molecular formula is C37H40N4O5. The van der Waals surface area contributed by atoms with Crippen LogP contribution in [0.15, 0.2) is 73.2 Å². The number of aryl methyl sites for hydroxylation is 1. The van der Waals surface area contributed by atoms with Crippen LogP contribution in [-0.4, -0.2) is 55.1 Å². The number of pyridine rings is 3. The van der Waals surface area contributed by atoms with E-state index in [1.165, 1.54) is 0 Å². The third-order valence-corrected chi connectivity index (χ3v) is 9.10. The first-order valence-corrected chi connectivity index (χ1v) is 15.4. The topological polar surface area (TPSA) is 99.1 Å². The van der Waals surface area contributed by atoms with Gasteiger partial charge in [0.25, 0.3) is 0 Å². The van der Waals surface area contributed by atoms with Gasteiger partial charge in [0.1, 0.15) is 5.52 Å². The molecule has 1 saturated carbocycles. The molecule has 9 nitrogen and oxygen atoms in total. The Bertz CT molecular complexity index is 1800. The van der Waals surface area contributed by atoms with Crippen molar-refractivity contribution in [1.82, 2.24) is 15.0 Å². The molecule has 0 spiro atoms. The molecule has 46 heavy (non-hydrogen) atoms. The largest absolute Gasteiger partial charge is 0.493 e. The van der Waals surface area contributed by atoms with Crippen LogP contribution in [0.2, 0.25) is 0 Å². The molecule has 3 aromatic heterocycles. The molecule has 0 amide bonds. The van der Waals surface area contributed by atoms with Crippen LogP contribution >= 0.6 is 0 Å². The van der Waals surface area contributed by atoms with Gasteiger partial charge in [0.05, 0.1) is 45.3 Å². The van der Waals surface area contributed by atoms with Crippen LogP contribution in [0.25, 0.3) is 22.3 Å². The van der Waals surface area contributed by atoms with E-state index >= 15 is 0 Å². The molecule has 3 heterocycles. The molecule has 0 aliphatic heterocycles. The van der Waals surface area contributed by atoms with Crippen molar-refractivity contribution in [2.75, 3.05) is 39.9 Å². The molecule has 1 aliphatic rings. The monoisotopic (exact) mass is 620 g/mol. The average molecular weight is 621 g/mol. The first-order valence-electron chi connectivity index (χ1n) is 15.4. The van der Waals surface area contributed by atoms with Crippen LogP contribution < -0.4 is 23.8 Å². The van der Waals surface area contributed by atoms with Crippen molar-refractivity contribution in [3.05, 3.63) is 95.4 Å². The van der Waals surface area contributed by atoms with Gasteiger partial charge >= 0.3 is 0 Å². The fourth-order valence-corrected chi connectivity index (χ4v) is 6.41. The predicted molar refractivity (Wildman–Crippen MR) is 179 cm³/mol. The van der Waals surface area contributed by atoms with Crippen LogP contribution in [0, 0.1) is 18.8 Å². The van der Waals surface area contributed by atoms with E-state index in [0.717, 1.165) is 50.2 Å². The number of hydrogen-bond acceptors (Lipinski definition) is 9. The molecule has 3 unspecified atom stereocenters. The maximum Gasteiger partial charge on any atom is 0.161 e. The summed E-state index contributed by atoms with van der Waals surface area (Å²) in [5.41, 5.74) is 8.57. The van der Waals surface area contributed by atoms with E-state index in [0.29, 0.717) is 42.0 Å². The highest BCUT2D eigenvalue weighted by Crippen LogP contribution is 2.53. The second-order valence-corrected chi connectivity index (χ2v) is 11.8. The molecule has 238 valence electrons. The van der Waals surface area contributed by atoms with E-state index in [-0.39, 0.29) is 18.4 Å². The van der Waals surface area contributed by atoms with Gasteiger partial charge in [0.15, 0.2) is 23.0 Å². The second-order valence-electron chi connectivity index (χ2n) is 11.8. The van der Waals surface area contributed by atoms with Crippen LogP contribution in [0.4, 0.5) is 5.69 Å². The molecule has 1 aliphatic carbocycles. The van der Waals surface area contributed by atoms with Gasteiger partial charge in [-0.2, -0.15) is 0 Å². The lowest BCUT2D eigenvalue weighted by Crippen LogP contribution is -2.23. The Hall–Kier alpha value is -4.89. The van der Waals surface area contributed by atoms with Crippen LogP contribution in [0.1, 0.15) is 35.1 Å². The number of aliphatic hydroxyl groups excluding tert-OH is 1. The minimum atomic E-state index is 0.169. The lowest BCUT2D eigenvalue weighted by Gasteiger charge is -2.27. The van der Waals surface area contributed by atoms with Crippen LogP contribution in [0.5, 0.6) is 23.0 Å². The van der Waals surface area contributed by atoms with E-state index in [1.54, 1.807) is 34.6 Å². The first kappa shape index (κ1) is 31.1. The lowest BCUT2D eigenvalue weighted by atomic mass is 10.0. The molecule has 3 atom stereocenters. The summed E-state index contributed by atoms with van der Waals surface area (Å²) in [6, 6.07) is 18.2. The molecule has 5 aromatic rings. The Morgan fingerprint density at radius 1 is 0.783 bits per heavy atom. The van der Waals surface area contributed by atoms with Crippen molar-refractivity contribution in [2.45, 2.75) is 32.9 Å². The Labute approximate surface area is 269 Å². The zero-order valence-corrected chi connectivity index (χ0v) is 27.2. The smallest absolute Gasteiger partial charge is 0.161 e. The van der Waals surface area contributed by atoms with E-state index in [2.05, 4.69) is 35.9 Å². The molecule has 0 saturated heterocycles. The minimum Gasteiger partial charge on any atom is -0.493 e. The summed E-state index contributed by atoms with van der Waals surface area (Å²) < 4.78 is 22.3. The van der Waals surface area contributed by atoms with Crippen molar-refractivity contribution >= 4 is 16.7 Å². The van der Waals surface area contributed by atoms with Crippen molar-refractivity contribution in [2.24, 2.45) is 11.8 Å². The van der Waals surface area contributed by atoms with E-state index in [4.69, 9.17) is 28.9 Å². The summed E-state index contributed by atoms with van der Waals surface area (Å²) in [6.07, 6.45) is 5.61. The highest BCUT2D eigenvalue weighted by molar-refractivity contribution is 5.91. The standard InChI is InChI=1S/C37H40N4O5/c1-22-11-12-38-18-27(22)29-16-31(37-30(40-29)15-26(17-39-37)36-23(2)28(36)21-42)41(19-24-7-9-32(43-3)34(13-24)45-5)20-25-8-10-33(44-4)35(14-25)46-6/h7-18,23,28,36,42H,19-21H2,1-6H3. The Kier molecular flexibility index (Phi) is 8.94. The number of nitrogens with zero attached hydrogens (tertiary/aromatic N) is 4. The zero-order valence-electron chi connectivity index (χ0n) is 27.2. The van der Waals surface area contributed by atoms with Crippen molar-refractivity contribution in [1.29, 1.82) is 0 Å². The molecule has 2 aromatic carbocycles. The molecule has 0 radical (unpaired) electrons. The molecule has 0 bridgehead atoms. The Balaban J connectivity index is 1.52. The second kappa shape index (κ2) is 13.2. The summed E-state index contributed by atoms with van der Waals surface area (Å²) in [4.78, 5) is 16.9. The normalized spacial score (nSPS) is 17.1. The van der Waals surface area contributed by atoms with E-state index < -0.39 is 0 Å². The third kappa shape index (κ3) is 6.02. The Morgan fingerprint density at radius 2 is 1.41 bits per heavy atom. The molecular weight excluding hydrogens is 580 g/mol. The summed E-state index contributed by atoms with van der Waals surface area (Å²) in [6.45, 7) is 5.52. The number of benzene rings is 2. The van der Waals surface area contributed by atoms with E-state index in [1.807, 2.05) is 54.9 Å². The predicted octanol–water partition coefficient (Wildman–Crippen LogP) is 6.58. The van der Waals surface area contributed by atoms with Gasteiger partial charge in [-0.1, -0.05) is 19.1 Å². The lowest BCUT2D eigenvalue weighted by molar-refractivity contribution is 0.268. The number of hydrogen-bond donors (Lipinski definition) is 1. The first-order chi connectivity index (χ1) is 22.4. The van der Waals surface area contributed by atoms with Gasteiger partial charge in [-0.15, -0.1) is 0 Å². The van der Waals surface area contributed by atoms with Crippen LogP contribution in [0.3, 0.4) is 0 Å². The van der Waals surface area contributed by atoms with Crippen molar-refractivity contribution < 1.29 is 24.1 Å². The maximum absolute atomic E-state index is 9.90. The van der Waals surface area contributed by atoms with Crippen LogP contribution in [-0.2, 0) is 13.1 Å². The van der Waals surface area contributed by atoms with Gasteiger partial charge < -0.3 is 29.0 Å². The molecule has 1 N–H and O–H groups in total. The average Bonchev–Trinajstić information content (AvgIpc) is 3.76. The van der Waals surface area contributed by atoms with Gasteiger partial charge in [-0.3, -0.25) is 9.97 Å². The number of aromatic nitrogens is 3. The zero-order chi connectivity index (χ0) is 32.4. The Morgan fingerprint density at radius 3 is 1.96 bits per heavy atom. The van der Waals surface area contributed by atoms with Gasteiger partial charge in [0, 0.05) is 43.9 Å². The molecule has 6 rings (SSSR count). The number of fused-ring (bicyclic) bond motifs is 1. The van der Waals surface area contributed by atoms with Gasteiger partial charge in [-0.25, -0.2) is 4.98 Å². The summed E-state index contributed by atoms with van der Waals surface area (Å²) in [5.74, 6) is 3.59. The maximum atomic E-state index is 9.90. The van der Waals surface area contributed by atoms with Gasteiger partial charge in [-0.05, 0) is 89.4 Å². The third-order valence-electron chi connectivity index (χ3n) is 9.10. The van der Waals surface area contributed by atoms with Crippen molar-refractivity contribution in [3.63, 3.8) is 0 Å². The molecule has 1 fully saturated rings. The minimum absolute atomic E-state index is 0.169. The highest BCUT2D eigenvalue weighted by Gasteiger charge is 2.47. The summed E-state index contributed by atoms with van der Waals surface area (Å²) >= 11 is 0.